The summed E-state index contributed by atoms with van der Waals surface area (Å²) < 4.78 is 13.4. The lowest BCUT2D eigenvalue weighted by molar-refractivity contribution is 0.119. The number of benzene rings is 1. The van der Waals surface area contributed by atoms with Gasteiger partial charge in [-0.3, -0.25) is 0 Å². The fraction of sp³-hybridized carbons (Fsp3) is 0.600. The van der Waals surface area contributed by atoms with Gasteiger partial charge < -0.3 is 10.4 Å². The minimum atomic E-state index is -0.156. The second-order valence-corrected chi connectivity index (χ2v) is 5.44. The first-order valence-corrected chi connectivity index (χ1v) is 6.76. The number of rotatable bonds is 4. The summed E-state index contributed by atoms with van der Waals surface area (Å²) in [5.41, 5.74) is 1.46. The lowest BCUT2D eigenvalue weighted by Crippen LogP contribution is -2.49. The van der Waals surface area contributed by atoms with E-state index in [1.54, 1.807) is 19.1 Å². The number of aryl methyl sites for hydroxylation is 1. The van der Waals surface area contributed by atoms with Crippen LogP contribution in [0.2, 0.25) is 0 Å². The van der Waals surface area contributed by atoms with Gasteiger partial charge in [-0.05, 0) is 37.0 Å². The highest BCUT2D eigenvalue weighted by Gasteiger charge is 2.30. The predicted molar refractivity (Wildman–Crippen MR) is 70.9 cm³/mol. The molecule has 3 heteroatoms. The van der Waals surface area contributed by atoms with Crippen LogP contribution in [0.15, 0.2) is 18.2 Å². The van der Waals surface area contributed by atoms with E-state index in [2.05, 4.69) is 5.32 Å². The highest BCUT2D eigenvalue weighted by molar-refractivity contribution is 5.23. The molecule has 1 saturated carbocycles. The Labute approximate surface area is 108 Å². The van der Waals surface area contributed by atoms with E-state index in [-0.39, 0.29) is 18.0 Å². The average molecular weight is 251 g/mol. The SMILES string of the molecule is Cc1ccc(CNC2(CO)CCCCC2)cc1F. The molecule has 1 aromatic rings. The molecule has 0 bridgehead atoms. The number of aliphatic hydroxyl groups excluding tert-OH is 1. The maximum Gasteiger partial charge on any atom is 0.126 e. The summed E-state index contributed by atoms with van der Waals surface area (Å²) in [6.07, 6.45) is 5.60. The van der Waals surface area contributed by atoms with Gasteiger partial charge in [-0.1, -0.05) is 31.4 Å². The zero-order chi connectivity index (χ0) is 13.0. The van der Waals surface area contributed by atoms with Crippen LogP contribution in [0.3, 0.4) is 0 Å². The van der Waals surface area contributed by atoms with Gasteiger partial charge in [-0.2, -0.15) is 0 Å². The van der Waals surface area contributed by atoms with Crippen molar-refractivity contribution < 1.29 is 9.50 Å². The van der Waals surface area contributed by atoms with Crippen LogP contribution in [0, 0.1) is 12.7 Å². The molecule has 0 amide bonds. The lowest BCUT2D eigenvalue weighted by atomic mass is 9.82. The molecular formula is C15H22FNO. The van der Waals surface area contributed by atoms with E-state index in [1.807, 2.05) is 6.07 Å². The van der Waals surface area contributed by atoms with Crippen LogP contribution in [-0.4, -0.2) is 17.3 Å². The largest absolute Gasteiger partial charge is 0.394 e. The van der Waals surface area contributed by atoms with E-state index < -0.39 is 0 Å². The van der Waals surface area contributed by atoms with Crippen LogP contribution < -0.4 is 5.32 Å². The van der Waals surface area contributed by atoms with E-state index in [0.29, 0.717) is 12.1 Å². The average Bonchev–Trinajstić information content (AvgIpc) is 2.41. The number of aliphatic hydroxyl groups is 1. The summed E-state index contributed by atoms with van der Waals surface area (Å²) in [6, 6.07) is 5.33. The summed E-state index contributed by atoms with van der Waals surface area (Å²) in [5, 5.41) is 13.0. The van der Waals surface area contributed by atoms with Crippen LogP contribution in [-0.2, 0) is 6.54 Å². The Morgan fingerprint density at radius 1 is 1.28 bits per heavy atom. The van der Waals surface area contributed by atoms with E-state index in [0.717, 1.165) is 31.2 Å². The van der Waals surface area contributed by atoms with Gasteiger partial charge in [0.25, 0.3) is 0 Å². The molecule has 1 aromatic carbocycles. The summed E-state index contributed by atoms with van der Waals surface area (Å²) in [5.74, 6) is -0.156. The molecule has 0 atom stereocenters. The summed E-state index contributed by atoms with van der Waals surface area (Å²) >= 11 is 0. The van der Waals surface area contributed by atoms with Crippen molar-refractivity contribution in [1.29, 1.82) is 0 Å². The van der Waals surface area contributed by atoms with Crippen molar-refractivity contribution in [2.24, 2.45) is 0 Å². The van der Waals surface area contributed by atoms with Gasteiger partial charge in [0.15, 0.2) is 0 Å². The first-order chi connectivity index (χ1) is 8.65. The van der Waals surface area contributed by atoms with Crippen molar-refractivity contribution in [3.05, 3.63) is 35.1 Å². The second kappa shape index (κ2) is 5.81. The van der Waals surface area contributed by atoms with Crippen LogP contribution in [0.25, 0.3) is 0 Å². The van der Waals surface area contributed by atoms with Gasteiger partial charge in [0.1, 0.15) is 5.82 Å². The Morgan fingerprint density at radius 2 is 2.00 bits per heavy atom. The van der Waals surface area contributed by atoms with E-state index >= 15 is 0 Å². The molecule has 1 aliphatic rings. The predicted octanol–water partition coefficient (Wildman–Crippen LogP) is 2.92. The van der Waals surface area contributed by atoms with E-state index in [1.165, 1.54) is 6.42 Å². The molecule has 2 N–H and O–H groups in total. The number of hydrogen-bond donors (Lipinski definition) is 2. The van der Waals surface area contributed by atoms with Gasteiger partial charge in [0.05, 0.1) is 6.61 Å². The van der Waals surface area contributed by atoms with Gasteiger partial charge in [-0.15, -0.1) is 0 Å². The van der Waals surface area contributed by atoms with Crippen molar-refractivity contribution in [2.75, 3.05) is 6.61 Å². The summed E-state index contributed by atoms with van der Waals surface area (Å²) in [4.78, 5) is 0. The van der Waals surface area contributed by atoms with Crippen LogP contribution in [0.5, 0.6) is 0 Å². The zero-order valence-corrected chi connectivity index (χ0v) is 11.0. The lowest BCUT2D eigenvalue weighted by Gasteiger charge is -2.36. The minimum absolute atomic E-state index is 0.153. The number of halogens is 1. The first-order valence-electron chi connectivity index (χ1n) is 6.76. The zero-order valence-electron chi connectivity index (χ0n) is 11.0. The third-order valence-corrected chi connectivity index (χ3v) is 4.02. The molecule has 100 valence electrons. The monoisotopic (exact) mass is 251 g/mol. The fourth-order valence-electron chi connectivity index (χ4n) is 2.66. The van der Waals surface area contributed by atoms with Crippen molar-refractivity contribution in [1.82, 2.24) is 5.32 Å². The van der Waals surface area contributed by atoms with Crippen molar-refractivity contribution in [2.45, 2.75) is 51.1 Å². The molecule has 18 heavy (non-hydrogen) atoms. The third-order valence-electron chi connectivity index (χ3n) is 4.02. The molecule has 0 heterocycles. The van der Waals surface area contributed by atoms with Crippen LogP contribution in [0.1, 0.15) is 43.2 Å². The van der Waals surface area contributed by atoms with Gasteiger partial charge in [0.2, 0.25) is 0 Å². The van der Waals surface area contributed by atoms with Gasteiger partial charge >= 0.3 is 0 Å². The van der Waals surface area contributed by atoms with Crippen LogP contribution >= 0.6 is 0 Å². The van der Waals surface area contributed by atoms with Crippen molar-refractivity contribution in [3.8, 4) is 0 Å². The molecule has 0 saturated heterocycles. The number of hydrogen-bond acceptors (Lipinski definition) is 2. The molecule has 1 fully saturated rings. The second-order valence-electron chi connectivity index (χ2n) is 5.44. The molecule has 0 unspecified atom stereocenters. The molecule has 0 aliphatic heterocycles. The Hall–Kier alpha value is -0.930. The summed E-state index contributed by atoms with van der Waals surface area (Å²) in [7, 11) is 0. The Morgan fingerprint density at radius 3 is 2.61 bits per heavy atom. The number of nitrogens with one attached hydrogen (secondary N) is 1. The molecule has 0 aromatic heterocycles. The minimum Gasteiger partial charge on any atom is -0.394 e. The van der Waals surface area contributed by atoms with Crippen molar-refractivity contribution in [3.63, 3.8) is 0 Å². The Bertz CT molecular complexity index is 399. The molecule has 1 aliphatic carbocycles. The topological polar surface area (TPSA) is 32.3 Å². The van der Waals surface area contributed by atoms with Crippen LogP contribution in [0.4, 0.5) is 4.39 Å². The van der Waals surface area contributed by atoms with E-state index in [4.69, 9.17) is 0 Å². The standard InChI is InChI=1S/C15H22FNO/c1-12-5-6-13(9-14(12)16)10-17-15(11-18)7-3-2-4-8-15/h5-6,9,17-18H,2-4,7-8,10-11H2,1H3. The maximum absolute atomic E-state index is 13.4. The van der Waals surface area contributed by atoms with Gasteiger partial charge in [0, 0.05) is 12.1 Å². The Kier molecular flexibility index (Phi) is 4.36. The maximum atomic E-state index is 13.4. The normalized spacial score (nSPS) is 18.8. The van der Waals surface area contributed by atoms with Crippen molar-refractivity contribution >= 4 is 0 Å². The molecule has 2 rings (SSSR count). The molecule has 2 nitrogen and oxygen atoms in total. The molecular weight excluding hydrogens is 229 g/mol. The van der Waals surface area contributed by atoms with E-state index in [9.17, 15) is 9.50 Å². The van der Waals surface area contributed by atoms with Gasteiger partial charge in [-0.25, -0.2) is 4.39 Å². The molecule has 0 radical (unpaired) electrons. The fourth-order valence-corrected chi connectivity index (χ4v) is 2.66. The summed E-state index contributed by atoms with van der Waals surface area (Å²) in [6.45, 7) is 2.56. The quantitative estimate of drug-likeness (QED) is 0.862. The smallest absolute Gasteiger partial charge is 0.126 e. The highest BCUT2D eigenvalue weighted by atomic mass is 19.1. The first kappa shape index (κ1) is 13.5. The third kappa shape index (κ3) is 3.09. The molecule has 0 spiro atoms. The highest BCUT2D eigenvalue weighted by Crippen LogP contribution is 2.28. The Balaban J connectivity index is 1.98.